The molecule has 0 amide bonds. The molecule has 4 nitrogen and oxygen atoms in total. The van der Waals surface area contributed by atoms with Crippen molar-refractivity contribution in [3.05, 3.63) is 29.3 Å². The van der Waals surface area contributed by atoms with Gasteiger partial charge in [0.2, 0.25) is 0 Å². The molecule has 0 aliphatic rings. The topological polar surface area (TPSA) is 55.4 Å². The Labute approximate surface area is 122 Å². The van der Waals surface area contributed by atoms with Gasteiger partial charge in [-0.3, -0.25) is 0 Å². The summed E-state index contributed by atoms with van der Waals surface area (Å²) in [6.45, 7) is 0.235. The van der Waals surface area contributed by atoms with Crippen molar-refractivity contribution < 1.29 is 26.3 Å². The molecule has 0 radical (unpaired) electrons. The number of benzene rings is 1. The molecule has 120 valence electrons. The van der Waals surface area contributed by atoms with E-state index in [1.165, 1.54) is 12.1 Å². The molecule has 0 saturated heterocycles. The molecule has 1 rings (SSSR count). The van der Waals surface area contributed by atoms with Crippen molar-refractivity contribution in [1.29, 1.82) is 0 Å². The standard InChI is InChI=1S/C13H18F3NO3S/c1-17-9-10-4-5-12(11(8-10)13(14,15)16)20-6-3-7-21(2,18)19/h4-5,8,17H,3,6-7,9H2,1-2H3. The Hall–Kier alpha value is -1.28. The van der Waals surface area contributed by atoms with E-state index < -0.39 is 21.6 Å². The van der Waals surface area contributed by atoms with Crippen molar-refractivity contribution in [2.45, 2.75) is 19.1 Å². The second kappa shape index (κ2) is 7.13. The Morgan fingerprint density at radius 1 is 1.29 bits per heavy atom. The summed E-state index contributed by atoms with van der Waals surface area (Å²) >= 11 is 0. The maximum Gasteiger partial charge on any atom is 0.419 e. The van der Waals surface area contributed by atoms with Crippen LogP contribution in [0.3, 0.4) is 0 Å². The third-order valence-electron chi connectivity index (χ3n) is 2.65. The van der Waals surface area contributed by atoms with Crippen LogP contribution >= 0.6 is 0 Å². The fourth-order valence-electron chi connectivity index (χ4n) is 1.74. The van der Waals surface area contributed by atoms with Crippen molar-refractivity contribution >= 4 is 9.84 Å². The summed E-state index contributed by atoms with van der Waals surface area (Å²) in [5.41, 5.74) is -0.358. The minimum absolute atomic E-state index is 0.0818. The number of sulfone groups is 1. The molecule has 1 aromatic rings. The minimum atomic E-state index is -4.52. The molecule has 8 heteroatoms. The van der Waals surface area contributed by atoms with Gasteiger partial charge in [0.15, 0.2) is 0 Å². The maximum absolute atomic E-state index is 13.0. The Morgan fingerprint density at radius 3 is 2.48 bits per heavy atom. The zero-order valence-electron chi connectivity index (χ0n) is 11.8. The number of halogens is 3. The highest BCUT2D eigenvalue weighted by Gasteiger charge is 2.34. The fourth-order valence-corrected chi connectivity index (χ4v) is 2.38. The summed E-state index contributed by atoms with van der Waals surface area (Å²) in [7, 11) is -1.50. The van der Waals surface area contributed by atoms with Crippen LogP contribution in [0, 0.1) is 0 Å². The van der Waals surface area contributed by atoms with Gasteiger partial charge in [-0.15, -0.1) is 0 Å². The highest BCUT2D eigenvalue weighted by Crippen LogP contribution is 2.36. The fraction of sp³-hybridized carbons (Fsp3) is 0.538. The van der Waals surface area contributed by atoms with E-state index in [2.05, 4.69) is 5.32 Å². The lowest BCUT2D eigenvalue weighted by Gasteiger charge is -2.15. The van der Waals surface area contributed by atoms with Crippen LogP contribution < -0.4 is 10.1 Å². The molecular weight excluding hydrogens is 307 g/mol. The van der Waals surface area contributed by atoms with Gasteiger partial charge in [0.1, 0.15) is 15.6 Å². The summed E-state index contributed by atoms with van der Waals surface area (Å²) in [5, 5.41) is 2.78. The number of nitrogens with one attached hydrogen (secondary N) is 1. The van der Waals surface area contributed by atoms with Gasteiger partial charge in [0, 0.05) is 12.8 Å². The Morgan fingerprint density at radius 2 is 1.95 bits per heavy atom. The Kier molecular flexibility index (Phi) is 6.03. The summed E-state index contributed by atoms with van der Waals surface area (Å²) in [6.07, 6.45) is -3.30. The zero-order valence-corrected chi connectivity index (χ0v) is 12.6. The largest absolute Gasteiger partial charge is 0.493 e. The number of ether oxygens (including phenoxy) is 1. The molecule has 0 aliphatic carbocycles. The van der Waals surface area contributed by atoms with E-state index in [9.17, 15) is 21.6 Å². The van der Waals surface area contributed by atoms with Gasteiger partial charge >= 0.3 is 6.18 Å². The van der Waals surface area contributed by atoms with Crippen LogP contribution in [0.2, 0.25) is 0 Å². The highest BCUT2D eigenvalue weighted by molar-refractivity contribution is 7.90. The van der Waals surface area contributed by atoms with Gasteiger partial charge in [-0.1, -0.05) is 6.07 Å². The third-order valence-corrected chi connectivity index (χ3v) is 3.68. The van der Waals surface area contributed by atoms with Gasteiger partial charge in [-0.25, -0.2) is 8.42 Å². The Bertz CT molecular complexity index is 571. The first-order chi connectivity index (χ1) is 9.63. The Balaban J connectivity index is 2.81. The SMILES string of the molecule is CNCc1ccc(OCCCS(C)(=O)=O)c(C(F)(F)F)c1. The molecule has 21 heavy (non-hydrogen) atoms. The van der Waals surface area contributed by atoms with Gasteiger partial charge in [0.05, 0.1) is 17.9 Å². The lowest BCUT2D eigenvalue weighted by atomic mass is 10.1. The molecule has 0 fully saturated rings. The molecule has 1 aromatic carbocycles. The molecule has 1 N–H and O–H groups in total. The van der Waals surface area contributed by atoms with Gasteiger partial charge < -0.3 is 10.1 Å². The minimum Gasteiger partial charge on any atom is -0.493 e. The summed E-state index contributed by atoms with van der Waals surface area (Å²) in [6, 6.07) is 3.83. The smallest absolute Gasteiger partial charge is 0.419 e. The van der Waals surface area contributed by atoms with Crippen LogP contribution in [0.4, 0.5) is 13.2 Å². The normalized spacial score (nSPS) is 12.4. The average Bonchev–Trinajstić information content (AvgIpc) is 2.34. The van der Waals surface area contributed by atoms with E-state index in [1.807, 2.05) is 0 Å². The van der Waals surface area contributed by atoms with Gasteiger partial charge in [0.25, 0.3) is 0 Å². The van der Waals surface area contributed by atoms with Crippen molar-refractivity contribution in [2.24, 2.45) is 0 Å². The first-order valence-corrected chi connectivity index (χ1v) is 8.35. The second-order valence-electron chi connectivity index (χ2n) is 4.69. The average molecular weight is 325 g/mol. The molecule has 0 aliphatic heterocycles. The van der Waals surface area contributed by atoms with Crippen LogP contribution in [0.1, 0.15) is 17.5 Å². The first-order valence-electron chi connectivity index (χ1n) is 6.29. The van der Waals surface area contributed by atoms with Crippen molar-refractivity contribution in [3.8, 4) is 5.75 Å². The molecule has 0 atom stereocenters. The molecule has 0 spiro atoms. The molecular formula is C13H18F3NO3S. The predicted octanol–water partition coefficient (Wildman–Crippen LogP) is 2.24. The quantitative estimate of drug-likeness (QED) is 0.781. The third kappa shape index (κ3) is 6.34. The van der Waals surface area contributed by atoms with Crippen LogP contribution in [0.25, 0.3) is 0 Å². The van der Waals surface area contributed by atoms with Crippen molar-refractivity contribution in [1.82, 2.24) is 5.32 Å². The van der Waals surface area contributed by atoms with Crippen LogP contribution in [0.5, 0.6) is 5.75 Å². The first kappa shape index (κ1) is 17.8. The number of alkyl halides is 3. The van der Waals surface area contributed by atoms with Crippen molar-refractivity contribution in [3.63, 3.8) is 0 Å². The van der Waals surface area contributed by atoms with E-state index in [0.717, 1.165) is 12.3 Å². The summed E-state index contributed by atoms with van der Waals surface area (Å²) in [4.78, 5) is 0. The van der Waals surface area contributed by atoms with E-state index in [-0.39, 0.29) is 24.5 Å². The summed E-state index contributed by atoms with van der Waals surface area (Å²) < 4.78 is 65.9. The number of hydrogen-bond donors (Lipinski definition) is 1. The van der Waals surface area contributed by atoms with E-state index in [0.29, 0.717) is 12.1 Å². The zero-order chi connectivity index (χ0) is 16.1. The predicted molar refractivity (Wildman–Crippen MR) is 74.0 cm³/mol. The highest BCUT2D eigenvalue weighted by atomic mass is 32.2. The lowest BCUT2D eigenvalue weighted by molar-refractivity contribution is -0.139. The number of rotatable bonds is 7. The van der Waals surface area contributed by atoms with E-state index in [4.69, 9.17) is 4.74 Å². The molecule has 0 bridgehead atoms. The monoisotopic (exact) mass is 325 g/mol. The van der Waals surface area contributed by atoms with Gasteiger partial charge in [-0.05, 0) is 31.2 Å². The molecule has 0 unspecified atom stereocenters. The maximum atomic E-state index is 13.0. The molecule has 0 heterocycles. The second-order valence-corrected chi connectivity index (χ2v) is 6.95. The van der Waals surface area contributed by atoms with Crippen LogP contribution in [-0.2, 0) is 22.6 Å². The lowest BCUT2D eigenvalue weighted by Crippen LogP contribution is -2.13. The van der Waals surface area contributed by atoms with E-state index in [1.54, 1.807) is 7.05 Å². The van der Waals surface area contributed by atoms with Crippen LogP contribution in [-0.4, -0.2) is 34.1 Å². The summed E-state index contributed by atoms with van der Waals surface area (Å²) in [5.74, 6) is -0.400. The van der Waals surface area contributed by atoms with E-state index >= 15 is 0 Å². The van der Waals surface area contributed by atoms with Gasteiger partial charge in [-0.2, -0.15) is 13.2 Å². The number of hydrogen-bond acceptors (Lipinski definition) is 4. The van der Waals surface area contributed by atoms with Crippen molar-refractivity contribution in [2.75, 3.05) is 25.7 Å². The molecule has 0 saturated carbocycles. The molecule has 0 aromatic heterocycles. The van der Waals surface area contributed by atoms with Crippen LogP contribution in [0.15, 0.2) is 18.2 Å².